The Kier molecular flexibility index (Phi) is 7.14. The minimum absolute atomic E-state index is 0. The molecule has 0 saturated carbocycles. The number of aromatic nitrogens is 1. The second-order valence-corrected chi connectivity index (χ2v) is 4.50. The number of rotatable bonds is 4. The van der Waals surface area contributed by atoms with Crippen LogP contribution in [0.15, 0.2) is 21.8 Å². The van der Waals surface area contributed by atoms with E-state index in [1.807, 2.05) is 18.0 Å². The highest BCUT2D eigenvalue weighted by molar-refractivity contribution is 14.0. The van der Waals surface area contributed by atoms with E-state index in [1.165, 1.54) is 0 Å². The summed E-state index contributed by atoms with van der Waals surface area (Å²) in [6.45, 7) is 3.30. The first kappa shape index (κ1) is 16.2. The molecule has 19 heavy (non-hydrogen) atoms. The molecule has 0 spiro atoms. The normalized spacial score (nSPS) is 19.1. The lowest BCUT2D eigenvalue weighted by Crippen LogP contribution is -2.40. The SMILES string of the molecule is CN=C(NCC1CCOC1)N(C)Cc1ccon1.I. The molecule has 1 N–H and O–H groups in total. The maximum absolute atomic E-state index is 5.35. The monoisotopic (exact) mass is 380 g/mol. The average Bonchev–Trinajstić information content (AvgIpc) is 3.02. The highest BCUT2D eigenvalue weighted by atomic mass is 127. The molecule has 1 aromatic rings. The van der Waals surface area contributed by atoms with E-state index in [-0.39, 0.29) is 24.0 Å². The third kappa shape index (κ3) is 4.98. The van der Waals surface area contributed by atoms with Crippen molar-refractivity contribution in [2.75, 3.05) is 33.9 Å². The molecule has 1 aromatic heterocycles. The van der Waals surface area contributed by atoms with E-state index in [9.17, 15) is 0 Å². The van der Waals surface area contributed by atoms with Crippen molar-refractivity contribution >= 4 is 29.9 Å². The Labute approximate surface area is 130 Å². The maximum Gasteiger partial charge on any atom is 0.193 e. The molecule has 7 heteroatoms. The van der Waals surface area contributed by atoms with Gasteiger partial charge in [0.25, 0.3) is 0 Å². The topological polar surface area (TPSA) is 62.9 Å². The maximum atomic E-state index is 5.35. The molecule has 2 heterocycles. The van der Waals surface area contributed by atoms with E-state index in [4.69, 9.17) is 9.26 Å². The highest BCUT2D eigenvalue weighted by Crippen LogP contribution is 2.10. The molecule has 0 aromatic carbocycles. The van der Waals surface area contributed by atoms with Gasteiger partial charge in [0.1, 0.15) is 12.0 Å². The third-order valence-corrected chi connectivity index (χ3v) is 3.04. The fraction of sp³-hybridized carbons (Fsp3) is 0.667. The molecule has 2 rings (SSSR count). The lowest BCUT2D eigenvalue weighted by molar-refractivity contribution is 0.186. The van der Waals surface area contributed by atoms with Gasteiger partial charge in [-0.1, -0.05) is 5.16 Å². The Bertz CT molecular complexity index is 377. The number of nitrogens with one attached hydrogen (secondary N) is 1. The van der Waals surface area contributed by atoms with Crippen LogP contribution in [0.25, 0.3) is 0 Å². The number of aliphatic imine (C=N–C) groups is 1. The Morgan fingerprint density at radius 3 is 3.05 bits per heavy atom. The van der Waals surface area contributed by atoms with Crippen molar-refractivity contribution in [2.24, 2.45) is 10.9 Å². The third-order valence-electron chi connectivity index (χ3n) is 3.04. The Hall–Kier alpha value is -0.830. The van der Waals surface area contributed by atoms with Crippen molar-refractivity contribution in [3.05, 3.63) is 18.0 Å². The summed E-state index contributed by atoms with van der Waals surface area (Å²) in [5, 5.41) is 7.25. The zero-order valence-corrected chi connectivity index (χ0v) is 13.7. The van der Waals surface area contributed by atoms with Crippen molar-refractivity contribution in [3.63, 3.8) is 0 Å². The average molecular weight is 380 g/mol. The van der Waals surface area contributed by atoms with Crippen LogP contribution in [0.2, 0.25) is 0 Å². The molecule has 0 bridgehead atoms. The lowest BCUT2D eigenvalue weighted by atomic mass is 10.1. The first-order valence-corrected chi connectivity index (χ1v) is 6.18. The molecule has 0 aliphatic carbocycles. The van der Waals surface area contributed by atoms with E-state index >= 15 is 0 Å². The van der Waals surface area contributed by atoms with Gasteiger partial charge in [0.05, 0.1) is 13.2 Å². The molecule has 1 saturated heterocycles. The van der Waals surface area contributed by atoms with Gasteiger partial charge in [-0.2, -0.15) is 0 Å². The number of nitrogens with zero attached hydrogens (tertiary/aromatic N) is 3. The van der Waals surface area contributed by atoms with E-state index < -0.39 is 0 Å². The summed E-state index contributed by atoms with van der Waals surface area (Å²) in [5.74, 6) is 1.45. The standard InChI is InChI=1S/C12H20N4O2.HI/c1-13-12(14-7-10-3-5-17-9-10)16(2)8-11-4-6-18-15-11;/h4,6,10H,3,5,7-9H2,1-2H3,(H,13,14);1H. The van der Waals surface area contributed by atoms with Gasteiger partial charge < -0.3 is 19.5 Å². The molecule has 108 valence electrons. The molecule has 6 nitrogen and oxygen atoms in total. The van der Waals surface area contributed by atoms with Crippen molar-refractivity contribution in [2.45, 2.75) is 13.0 Å². The second-order valence-electron chi connectivity index (χ2n) is 4.50. The van der Waals surface area contributed by atoms with Crippen LogP contribution in [0, 0.1) is 5.92 Å². The fourth-order valence-corrected chi connectivity index (χ4v) is 2.00. The minimum Gasteiger partial charge on any atom is -0.381 e. The molecule has 1 aliphatic rings. The molecule has 0 radical (unpaired) electrons. The van der Waals surface area contributed by atoms with Crippen LogP contribution in [0.3, 0.4) is 0 Å². The molecular formula is C12H21IN4O2. The number of hydrogen-bond acceptors (Lipinski definition) is 4. The van der Waals surface area contributed by atoms with Crippen LogP contribution in [0.4, 0.5) is 0 Å². The van der Waals surface area contributed by atoms with Crippen molar-refractivity contribution < 1.29 is 9.26 Å². The number of ether oxygens (including phenoxy) is 1. The predicted octanol–water partition coefficient (Wildman–Crippen LogP) is 1.34. The second kappa shape index (κ2) is 8.36. The molecular weight excluding hydrogens is 359 g/mol. The van der Waals surface area contributed by atoms with Gasteiger partial charge in [0.2, 0.25) is 0 Å². The lowest BCUT2D eigenvalue weighted by Gasteiger charge is -2.22. The number of guanidine groups is 1. The van der Waals surface area contributed by atoms with Gasteiger partial charge in [-0.3, -0.25) is 4.99 Å². The van der Waals surface area contributed by atoms with E-state index in [2.05, 4.69) is 15.5 Å². The zero-order chi connectivity index (χ0) is 12.8. The summed E-state index contributed by atoms with van der Waals surface area (Å²) in [4.78, 5) is 6.28. The van der Waals surface area contributed by atoms with Gasteiger partial charge in [-0.05, 0) is 6.42 Å². The Morgan fingerprint density at radius 1 is 1.63 bits per heavy atom. The highest BCUT2D eigenvalue weighted by Gasteiger charge is 2.16. The summed E-state index contributed by atoms with van der Waals surface area (Å²) < 4.78 is 10.2. The van der Waals surface area contributed by atoms with Crippen molar-refractivity contribution in [3.8, 4) is 0 Å². The van der Waals surface area contributed by atoms with E-state index in [0.29, 0.717) is 12.5 Å². The molecule has 1 fully saturated rings. The van der Waals surface area contributed by atoms with Gasteiger partial charge in [-0.25, -0.2) is 0 Å². The van der Waals surface area contributed by atoms with Crippen LogP contribution >= 0.6 is 24.0 Å². The van der Waals surface area contributed by atoms with Crippen LogP contribution in [-0.2, 0) is 11.3 Å². The van der Waals surface area contributed by atoms with Gasteiger partial charge in [-0.15, -0.1) is 24.0 Å². The first-order chi connectivity index (χ1) is 8.79. The Balaban J connectivity index is 0.00000180. The van der Waals surface area contributed by atoms with Gasteiger partial charge >= 0.3 is 0 Å². The predicted molar refractivity (Wildman–Crippen MR) is 83.7 cm³/mol. The van der Waals surface area contributed by atoms with E-state index in [1.54, 1.807) is 13.3 Å². The fourth-order valence-electron chi connectivity index (χ4n) is 2.00. The van der Waals surface area contributed by atoms with Crippen LogP contribution in [0.5, 0.6) is 0 Å². The summed E-state index contributed by atoms with van der Waals surface area (Å²) >= 11 is 0. The van der Waals surface area contributed by atoms with Crippen LogP contribution in [0.1, 0.15) is 12.1 Å². The smallest absolute Gasteiger partial charge is 0.193 e. The zero-order valence-electron chi connectivity index (χ0n) is 11.3. The molecule has 1 aliphatic heterocycles. The summed E-state index contributed by atoms with van der Waals surface area (Å²) in [7, 11) is 3.77. The van der Waals surface area contributed by atoms with Crippen molar-refractivity contribution in [1.29, 1.82) is 0 Å². The number of halogens is 1. The summed E-state index contributed by atoms with van der Waals surface area (Å²) in [6.07, 6.45) is 2.70. The number of hydrogen-bond donors (Lipinski definition) is 1. The van der Waals surface area contributed by atoms with Crippen molar-refractivity contribution in [1.82, 2.24) is 15.4 Å². The molecule has 0 amide bonds. The molecule has 1 atom stereocenters. The van der Waals surface area contributed by atoms with Crippen LogP contribution in [-0.4, -0.2) is 49.9 Å². The molecule has 1 unspecified atom stereocenters. The Morgan fingerprint density at radius 2 is 2.47 bits per heavy atom. The summed E-state index contributed by atoms with van der Waals surface area (Å²) in [5.41, 5.74) is 0.893. The summed E-state index contributed by atoms with van der Waals surface area (Å²) in [6, 6.07) is 1.86. The quantitative estimate of drug-likeness (QED) is 0.485. The van der Waals surface area contributed by atoms with Crippen LogP contribution < -0.4 is 5.32 Å². The minimum atomic E-state index is 0. The van der Waals surface area contributed by atoms with Gasteiger partial charge in [0, 0.05) is 39.2 Å². The van der Waals surface area contributed by atoms with E-state index in [0.717, 1.165) is 37.8 Å². The van der Waals surface area contributed by atoms with Gasteiger partial charge in [0.15, 0.2) is 5.96 Å². The largest absolute Gasteiger partial charge is 0.381 e. The first-order valence-electron chi connectivity index (χ1n) is 6.18.